The van der Waals surface area contributed by atoms with E-state index in [1.807, 2.05) is 7.05 Å². The van der Waals surface area contributed by atoms with Crippen LogP contribution in [0.3, 0.4) is 0 Å². The number of rotatable bonds is 7. The van der Waals surface area contributed by atoms with Crippen molar-refractivity contribution >= 4 is 26.0 Å². The van der Waals surface area contributed by atoms with Crippen molar-refractivity contribution in [2.24, 2.45) is 0 Å². The summed E-state index contributed by atoms with van der Waals surface area (Å²) in [5.41, 5.74) is 1.90. The van der Waals surface area contributed by atoms with E-state index < -0.39 is 10.0 Å². The molecule has 6 nitrogen and oxygen atoms in total. The van der Waals surface area contributed by atoms with Gasteiger partial charge in [0.1, 0.15) is 0 Å². The van der Waals surface area contributed by atoms with Crippen LogP contribution in [-0.4, -0.2) is 32.0 Å². The van der Waals surface area contributed by atoms with Crippen LogP contribution in [0.5, 0.6) is 0 Å². The zero-order valence-corrected chi connectivity index (χ0v) is 14.0. The highest BCUT2D eigenvalue weighted by Gasteiger charge is 2.17. The number of benzene rings is 1. The Labute approximate surface area is 132 Å². The van der Waals surface area contributed by atoms with E-state index >= 15 is 0 Å². The number of H-pyrrole nitrogens is 1. The molecular formula is C13H17BrN4O2S. The Hall–Kier alpha value is -1.22. The standard InChI is InChI=1S/C13H17BrN4O2S/c1-15-7-10-2-3-13(12(14)6-10)21(19,20)18-5-4-11-8-16-9-17-11/h2-3,6,8-9,15,18H,4-5,7H2,1H3,(H,16,17). The van der Waals surface area contributed by atoms with Crippen molar-refractivity contribution in [2.45, 2.75) is 17.9 Å². The second-order valence-corrected chi connectivity index (χ2v) is 7.11. The number of aromatic amines is 1. The Kier molecular flexibility index (Phi) is 5.51. The average molecular weight is 373 g/mol. The Bertz CT molecular complexity index is 686. The molecule has 0 aliphatic rings. The summed E-state index contributed by atoms with van der Waals surface area (Å²) in [4.78, 5) is 7.07. The first-order valence-electron chi connectivity index (χ1n) is 6.43. The van der Waals surface area contributed by atoms with Crippen LogP contribution in [0.4, 0.5) is 0 Å². The lowest BCUT2D eigenvalue weighted by molar-refractivity contribution is 0.581. The monoisotopic (exact) mass is 372 g/mol. The van der Waals surface area contributed by atoms with Crippen molar-refractivity contribution in [1.82, 2.24) is 20.0 Å². The van der Waals surface area contributed by atoms with E-state index in [-0.39, 0.29) is 4.90 Å². The van der Waals surface area contributed by atoms with Crippen molar-refractivity contribution in [2.75, 3.05) is 13.6 Å². The second kappa shape index (κ2) is 7.17. The van der Waals surface area contributed by atoms with Crippen molar-refractivity contribution < 1.29 is 8.42 Å². The van der Waals surface area contributed by atoms with Crippen LogP contribution < -0.4 is 10.0 Å². The Morgan fingerprint density at radius 1 is 1.38 bits per heavy atom. The van der Waals surface area contributed by atoms with E-state index in [2.05, 4.69) is 35.9 Å². The third-order valence-electron chi connectivity index (χ3n) is 2.91. The number of hydrogen-bond acceptors (Lipinski definition) is 4. The summed E-state index contributed by atoms with van der Waals surface area (Å²) < 4.78 is 27.7. The quantitative estimate of drug-likeness (QED) is 0.685. The average Bonchev–Trinajstić information content (AvgIpc) is 2.92. The number of nitrogens with zero attached hydrogens (tertiary/aromatic N) is 1. The Morgan fingerprint density at radius 2 is 2.19 bits per heavy atom. The van der Waals surface area contributed by atoms with Crippen LogP contribution in [0.15, 0.2) is 40.1 Å². The molecule has 0 aliphatic carbocycles. The molecule has 0 atom stereocenters. The van der Waals surface area contributed by atoms with Crippen molar-refractivity contribution in [3.63, 3.8) is 0 Å². The van der Waals surface area contributed by atoms with Gasteiger partial charge in [0.15, 0.2) is 0 Å². The van der Waals surface area contributed by atoms with Gasteiger partial charge in [-0.05, 0) is 40.7 Å². The van der Waals surface area contributed by atoms with Crippen LogP contribution in [-0.2, 0) is 23.0 Å². The number of aromatic nitrogens is 2. The van der Waals surface area contributed by atoms with Crippen LogP contribution in [0.25, 0.3) is 0 Å². The third kappa shape index (κ3) is 4.37. The van der Waals surface area contributed by atoms with Crippen molar-refractivity contribution in [3.05, 3.63) is 46.5 Å². The van der Waals surface area contributed by atoms with Crippen LogP contribution in [0.1, 0.15) is 11.3 Å². The summed E-state index contributed by atoms with van der Waals surface area (Å²) in [6, 6.07) is 5.21. The van der Waals surface area contributed by atoms with Crippen LogP contribution >= 0.6 is 15.9 Å². The normalized spacial score (nSPS) is 11.7. The minimum Gasteiger partial charge on any atom is -0.348 e. The fourth-order valence-electron chi connectivity index (χ4n) is 1.90. The van der Waals surface area contributed by atoms with E-state index in [9.17, 15) is 8.42 Å². The second-order valence-electron chi connectivity index (χ2n) is 4.52. The highest BCUT2D eigenvalue weighted by molar-refractivity contribution is 9.10. The fraction of sp³-hybridized carbons (Fsp3) is 0.308. The van der Waals surface area contributed by atoms with E-state index in [0.29, 0.717) is 24.0 Å². The lowest BCUT2D eigenvalue weighted by atomic mass is 10.2. The van der Waals surface area contributed by atoms with Crippen LogP contribution in [0.2, 0.25) is 0 Å². The molecule has 8 heteroatoms. The van der Waals surface area contributed by atoms with Gasteiger partial charge < -0.3 is 10.3 Å². The number of imidazole rings is 1. The van der Waals surface area contributed by atoms with E-state index in [1.165, 1.54) is 0 Å². The maximum atomic E-state index is 12.3. The minimum absolute atomic E-state index is 0.243. The molecule has 1 aromatic heterocycles. The first kappa shape index (κ1) is 16.2. The van der Waals surface area contributed by atoms with Gasteiger partial charge >= 0.3 is 0 Å². The van der Waals surface area contributed by atoms with Crippen LogP contribution in [0, 0.1) is 0 Å². The molecule has 2 rings (SSSR count). The summed E-state index contributed by atoms with van der Waals surface area (Å²) in [6.07, 6.45) is 3.81. The molecule has 0 aliphatic heterocycles. The predicted octanol–water partition coefficient (Wildman–Crippen LogP) is 1.41. The summed E-state index contributed by atoms with van der Waals surface area (Å²) in [5.74, 6) is 0. The molecule has 0 fully saturated rings. The molecular weight excluding hydrogens is 356 g/mol. The highest BCUT2D eigenvalue weighted by atomic mass is 79.9. The molecule has 0 radical (unpaired) electrons. The summed E-state index contributed by atoms with van der Waals surface area (Å²) in [6.45, 7) is 1.00. The molecule has 1 heterocycles. The van der Waals surface area contributed by atoms with E-state index in [4.69, 9.17) is 0 Å². The Balaban J connectivity index is 2.04. The molecule has 0 bridgehead atoms. The first-order valence-corrected chi connectivity index (χ1v) is 8.70. The lowest BCUT2D eigenvalue weighted by Gasteiger charge is -2.09. The van der Waals surface area contributed by atoms with Gasteiger partial charge in [0.2, 0.25) is 10.0 Å². The maximum absolute atomic E-state index is 12.3. The number of nitrogens with one attached hydrogen (secondary N) is 3. The number of halogens is 1. The first-order chi connectivity index (χ1) is 10.0. The summed E-state index contributed by atoms with van der Waals surface area (Å²) >= 11 is 3.32. The van der Waals surface area contributed by atoms with Gasteiger partial charge in [-0.2, -0.15) is 0 Å². The molecule has 114 valence electrons. The zero-order chi connectivity index (χ0) is 15.3. The highest BCUT2D eigenvalue weighted by Crippen LogP contribution is 2.23. The van der Waals surface area contributed by atoms with Gasteiger partial charge in [-0.15, -0.1) is 0 Å². The number of hydrogen-bond donors (Lipinski definition) is 3. The molecule has 0 unspecified atom stereocenters. The molecule has 21 heavy (non-hydrogen) atoms. The zero-order valence-electron chi connectivity index (χ0n) is 11.6. The van der Waals surface area contributed by atoms with Gasteiger partial charge in [-0.25, -0.2) is 18.1 Å². The maximum Gasteiger partial charge on any atom is 0.241 e. The van der Waals surface area contributed by atoms with Gasteiger partial charge in [-0.3, -0.25) is 0 Å². The molecule has 0 spiro atoms. The van der Waals surface area contributed by atoms with Crippen molar-refractivity contribution in [3.8, 4) is 0 Å². The fourth-order valence-corrected chi connectivity index (χ4v) is 4.05. The smallest absolute Gasteiger partial charge is 0.241 e. The number of sulfonamides is 1. The minimum atomic E-state index is -3.53. The van der Waals surface area contributed by atoms with Crippen molar-refractivity contribution in [1.29, 1.82) is 0 Å². The van der Waals surface area contributed by atoms with Gasteiger partial charge in [0, 0.05) is 35.9 Å². The third-order valence-corrected chi connectivity index (χ3v) is 5.35. The van der Waals surface area contributed by atoms with E-state index in [1.54, 1.807) is 30.7 Å². The van der Waals surface area contributed by atoms with Gasteiger partial charge in [0.05, 0.1) is 11.2 Å². The molecule has 0 saturated heterocycles. The largest absolute Gasteiger partial charge is 0.348 e. The molecule has 1 aromatic carbocycles. The lowest BCUT2D eigenvalue weighted by Crippen LogP contribution is -2.26. The summed E-state index contributed by atoms with van der Waals surface area (Å²) in [5, 5.41) is 3.02. The van der Waals surface area contributed by atoms with Gasteiger partial charge in [-0.1, -0.05) is 6.07 Å². The molecule has 0 saturated carbocycles. The molecule has 0 amide bonds. The molecule has 3 N–H and O–H groups in total. The SMILES string of the molecule is CNCc1ccc(S(=O)(=O)NCCc2cnc[nH]2)c(Br)c1. The van der Waals surface area contributed by atoms with Gasteiger partial charge in [0.25, 0.3) is 0 Å². The Morgan fingerprint density at radius 3 is 2.81 bits per heavy atom. The van der Waals surface area contributed by atoms with E-state index in [0.717, 1.165) is 11.3 Å². The summed E-state index contributed by atoms with van der Waals surface area (Å²) in [7, 11) is -1.68. The predicted molar refractivity (Wildman–Crippen MR) is 84.4 cm³/mol. The topological polar surface area (TPSA) is 86.9 Å². The molecule has 2 aromatic rings.